The van der Waals surface area contributed by atoms with Crippen molar-refractivity contribution in [3.05, 3.63) is 46.8 Å². The minimum Gasteiger partial charge on any atom is -0.492 e. The molecule has 3 aromatic rings. The van der Waals surface area contributed by atoms with Crippen LogP contribution in [0.1, 0.15) is 0 Å². The molecule has 0 unspecified atom stereocenters. The number of hydrogen-bond acceptors (Lipinski definition) is 10. The molecule has 1 aromatic heterocycles. The monoisotopic (exact) mass is 444 g/mol. The number of methoxy groups -OCH3 is 1. The van der Waals surface area contributed by atoms with E-state index in [0.717, 1.165) is 0 Å². The Labute approximate surface area is 181 Å². The molecule has 3 heterocycles. The zero-order valence-electron chi connectivity index (χ0n) is 16.9. The minimum atomic E-state index is -1.49. The highest BCUT2D eigenvalue weighted by atomic mass is 16.7. The van der Waals surface area contributed by atoms with E-state index >= 15 is 0 Å². The van der Waals surface area contributed by atoms with Crippen molar-refractivity contribution in [2.75, 3.05) is 20.5 Å². The SMILES string of the molecule is COc1c2c(cc3occ(-c4ccccc4O[C@@H]4OC[C@@H](O)[C@H](O)[C@H]4O)c(=O)c13)OCO2. The summed E-state index contributed by atoms with van der Waals surface area (Å²) in [6.07, 6.45) is -4.09. The average molecular weight is 444 g/mol. The second kappa shape index (κ2) is 7.99. The summed E-state index contributed by atoms with van der Waals surface area (Å²) >= 11 is 0. The van der Waals surface area contributed by atoms with Crippen LogP contribution < -0.4 is 24.4 Å². The highest BCUT2D eigenvalue weighted by Crippen LogP contribution is 2.45. The van der Waals surface area contributed by atoms with Crippen molar-refractivity contribution in [2.45, 2.75) is 24.6 Å². The summed E-state index contributed by atoms with van der Waals surface area (Å²) in [6, 6.07) is 8.18. The van der Waals surface area contributed by atoms with Crippen molar-refractivity contribution < 1.29 is 43.4 Å². The number of fused-ring (bicyclic) bond motifs is 2. The molecular weight excluding hydrogens is 424 g/mol. The van der Waals surface area contributed by atoms with Crippen LogP contribution in [0.4, 0.5) is 0 Å². The van der Waals surface area contributed by atoms with Gasteiger partial charge < -0.3 is 43.4 Å². The van der Waals surface area contributed by atoms with E-state index in [1.807, 2.05) is 0 Å². The second-order valence-corrected chi connectivity index (χ2v) is 7.36. The molecule has 0 amide bonds. The zero-order chi connectivity index (χ0) is 22.4. The predicted molar refractivity (Wildman–Crippen MR) is 109 cm³/mol. The molecule has 0 saturated carbocycles. The number of benzene rings is 2. The lowest BCUT2D eigenvalue weighted by molar-refractivity contribution is -0.241. The van der Waals surface area contributed by atoms with Crippen molar-refractivity contribution in [2.24, 2.45) is 0 Å². The molecule has 0 spiro atoms. The number of aliphatic hydroxyl groups is 3. The summed E-state index contributed by atoms with van der Waals surface area (Å²) in [5.41, 5.74) is 0.426. The summed E-state index contributed by atoms with van der Waals surface area (Å²) in [6.45, 7) is -0.211. The van der Waals surface area contributed by atoms with Gasteiger partial charge in [0.05, 0.1) is 19.3 Å². The number of aliphatic hydroxyl groups excluding tert-OH is 3. The van der Waals surface area contributed by atoms with Gasteiger partial charge in [0.2, 0.25) is 24.3 Å². The molecular formula is C22H20O10. The topological polar surface area (TPSA) is 137 Å². The fourth-order valence-corrected chi connectivity index (χ4v) is 3.79. The van der Waals surface area contributed by atoms with E-state index in [0.29, 0.717) is 17.1 Å². The van der Waals surface area contributed by atoms with Crippen LogP contribution in [0.5, 0.6) is 23.0 Å². The lowest BCUT2D eigenvalue weighted by atomic mass is 10.0. The van der Waals surface area contributed by atoms with Crippen LogP contribution in [-0.2, 0) is 4.74 Å². The lowest BCUT2D eigenvalue weighted by Crippen LogP contribution is -2.54. The molecule has 2 aliphatic rings. The van der Waals surface area contributed by atoms with E-state index in [-0.39, 0.29) is 41.4 Å². The molecule has 0 radical (unpaired) electrons. The van der Waals surface area contributed by atoms with Gasteiger partial charge in [-0.05, 0) is 6.07 Å². The van der Waals surface area contributed by atoms with Gasteiger partial charge in [-0.25, -0.2) is 0 Å². The van der Waals surface area contributed by atoms with Crippen LogP contribution in [0.2, 0.25) is 0 Å². The Morgan fingerprint density at radius 3 is 2.69 bits per heavy atom. The van der Waals surface area contributed by atoms with Crippen LogP contribution in [0.15, 0.2) is 45.8 Å². The fraction of sp³-hybridized carbons (Fsp3) is 0.318. The Kier molecular flexibility index (Phi) is 5.14. The minimum absolute atomic E-state index is 0.00397. The van der Waals surface area contributed by atoms with Crippen LogP contribution in [0, 0.1) is 0 Å². The predicted octanol–water partition coefficient (Wildman–Crippen LogP) is 1.02. The van der Waals surface area contributed by atoms with Crippen LogP contribution in [0.25, 0.3) is 22.1 Å². The van der Waals surface area contributed by atoms with Crippen molar-refractivity contribution in [3.8, 4) is 34.1 Å². The first kappa shape index (κ1) is 20.6. The van der Waals surface area contributed by atoms with Gasteiger partial charge in [-0.15, -0.1) is 0 Å². The molecule has 10 nitrogen and oxygen atoms in total. The van der Waals surface area contributed by atoms with Crippen molar-refractivity contribution in [3.63, 3.8) is 0 Å². The van der Waals surface area contributed by atoms with Crippen LogP contribution in [0.3, 0.4) is 0 Å². The Morgan fingerprint density at radius 2 is 1.88 bits per heavy atom. The van der Waals surface area contributed by atoms with Gasteiger partial charge in [0.15, 0.2) is 11.5 Å². The van der Waals surface area contributed by atoms with Gasteiger partial charge in [-0.3, -0.25) is 4.79 Å². The average Bonchev–Trinajstić information content (AvgIpc) is 3.27. The van der Waals surface area contributed by atoms with Gasteiger partial charge >= 0.3 is 0 Å². The molecule has 5 rings (SSSR count). The molecule has 2 aliphatic heterocycles. The molecule has 2 aromatic carbocycles. The normalized spacial score (nSPS) is 24.5. The number of hydrogen-bond donors (Lipinski definition) is 3. The maximum Gasteiger partial charge on any atom is 0.231 e. The fourth-order valence-electron chi connectivity index (χ4n) is 3.79. The summed E-state index contributed by atoms with van der Waals surface area (Å²) in [5.74, 6) is 1.15. The van der Waals surface area contributed by atoms with Crippen molar-refractivity contribution in [1.82, 2.24) is 0 Å². The van der Waals surface area contributed by atoms with Crippen molar-refractivity contribution >= 4 is 11.0 Å². The summed E-state index contributed by atoms with van der Waals surface area (Å²) in [5, 5.41) is 29.9. The molecule has 3 N–H and O–H groups in total. The first-order valence-corrected chi connectivity index (χ1v) is 9.83. The molecule has 10 heteroatoms. The van der Waals surface area contributed by atoms with E-state index < -0.39 is 30.0 Å². The number of rotatable bonds is 4. The number of para-hydroxylation sites is 1. The summed E-state index contributed by atoms with van der Waals surface area (Å²) in [7, 11) is 1.42. The van der Waals surface area contributed by atoms with Gasteiger partial charge in [0.25, 0.3) is 0 Å². The first-order valence-electron chi connectivity index (χ1n) is 9.83. The maximum atomic E-state index is 13.5. The smallest absolute Gasteiger partial charge is 0.231 e. The summed E-state index contributed by atoms with van der Waals surface area (Å²) < 4.78 is 33.1. The quantitative estimate of drug-likeness (QED) is 0.535. The highest BCUT2D eigenvalue weighted by Gasteiger charge is 2.39. The Hall–Kier alpha value is -3.31. The third-order valence-corrected chi connectivity index (χ3v) is 5.44. The maximum absolute atomic E-state index is 13.5. The summed E-state index contributed by atoms with van der Waals surface area (Å²) in [4.78, 5) is 13.5. The van der Waals surface area contributed by atoms with Crippen LogP contribution in [-0.4, -0.2) is 60.4 Å². The Bertz CT molecular complexity index is 1220. The van der Waals surface area contributed by atoms with Gasteiger partial charge in [-0.2, -0.15) is 0 Å². The first-order chi connectivity index (χ1) is 15.5. The standard InChI is InChI=1S/C22H20O10/c1-27-21-16-14(6-15-20(21)31-9-30-15)28-7-11(17(16)24)10-4-2-3-5-13(10)32-22-19(26)18(25)12(23)8-29-22/h2-7,12,18-19,22-23,25-26H,8-9H2,1H3/t12-,18+,19-,22+/m1/s1. The van der Waals surface area contributed by atoms with Gasteiger partial charge in [0.1, 0.15) is 41.3 Å². The third-order valence-electron chi connectivity index (χ3n) is 5.44. The van der Waals surface area contributed by atoms with Gasteiger partial charge in [-0.1, -0.05) is 18.2 Å². The van der Waals surface area contributed by atoms with E-state index in [1.165, 1.54) is 13.4 Å². The molecule has 32 heavy (non-hydrogen) atoms. The van der Waals surface area contributed by atoms with E-state index in [2.05, 4.69) is 0 Å². The molecule has 0 aliphatic carbocycles. The van der Waals surface area contributed by atoms with Crippen molar-refractivity contribution in [1.29, 1.82) is 0 Å². The largest absolute Gasteiger partial charge is 0.492 e. The molecule has 4 atom stereocenters. The second-order valence-electron chi connectivity index (χ2n) is 7.36. The third kappa shape index (κ3) is 3.24. The van der Waals surface area contributed by atoms with Gasteiger partial charge in [0, 0.05) is 11.6 Å². The van der Waals surface area contributed by atoms with E-state index in [9.17, 15) is 20.1 Å². The lowest BCUT2D eigenvalue weighted by Gasteiger charge is -2.35. The number of ether oxygens (including phenoxy) is 5. The molecule has 1 saturated heterocycles. The van der Waals surface area contributed by atoms with Crippen LogP contribution >= 0.6 is 0 Å². The molecule has 0 bridgehead atoms. The Balaban J connectivity index is 1.59. The zero-order valence-corrected chi connectivity index (χ0v) is 16.9. The highest BCUT2D eigenvalue weighted by molar-refractivity contribution is 5.92. The Morgan fingerprint density at radius 1 is 1.06 bits per heavy atom. The molecule has 168 valence electrons. The van der Waals surface area contributed by atoms with E-state index in [4.69, 9.17) is 28.1 Å². The molecule has 1 fully saturated rings. The van der Waals surface area contributed by atoms with E-state index in [1.54, 1.807) is 30.3 Å².